The summed E-state index contributed by atoms with van der Waals surface area (Å²) in [5.41, 5.74) is -1.76. The summed E-state index contributed by atoms with van der Waals surface area (Å²) in [5, 5.41) is 23.5. The van der Waals surface area contributed by atoms with E-state index in [1.165, 1.54) is 13.2 Å². The minimum Gasteiger partial charge on any atom is -0.437 e. The van der Waals surface area contributed by atoms with Gasteiger partial charge in [0.1, 0.15) is 6.04 Å². The molecule has 3 aromatic heterocycles. The number of ether oxygens (including phenoxy) is 1. The monoisotopic (exact) mass is 523 g/mol. The van der Waals surface area contributed by atoms with Gasteiger partial charge < -0.3 is 15.2 Å². The number of aromatic nitrogens is 6. The minimum absolute atomic E-state index is 0.0173. The number of alkyl halides is 3. The van der Waals surface area contributed by atoms with Crippen molar-refractivity contribution in [2.45, 2.75) is 57.3 Å². The van der Waals surface area contributed by atoms with Gasteiger partial charge in [0.25, 0.3) is 11.5 Å². The van der Waals surface area contributed by atoms with Gasteiger partial charge in [0.2, 0.25) is 5.88 Å². The Kier molecular flexibility index (Phi) is 7.95. The number of rotatable bonds is 10. The summed E-state index contributed by atoms with van der Waals surface area (Å²) in [7, 11) is 1.28. The van der Waals surface area contributed by atoms with Crippen LogP contribution in [0.1, 0.15) is 50.3 Å². The summed E-state index contributed by atoms with van der Waals surface area (Å²) in [4.78, 5) is 26.2. The smallest absolute Gasteiger partial charge is 0.435 e. The van der Waals surface area contributed by atoms with Crippen LogP contribution in [-0.4, -0.2) is 47.0 Å². The lowest BCUT2D eigenvalue weighted by Crippen LogP contribution is -2.36. The summed E-state index contributed by atoms with van der Waals surface area (Å²) < 4.78 is 47.8. The molecule has 11 nitrogen and oxygen atoms in total. The predicted molar refractivity (Wildman–Crippen MR) is 125 cm³/mol. The van der Waals surface area contributed by atoms with E-state index in [9.17, 15) is 22.8 Å². The number of nitrogens with zero attached hydrogens (tertiary/aromatic N) is 6. The van der Waals surface area contributed by atoms with Gasteiger partial charge in [0.05, 0.1) is 6.20 Å². The van der Waals surface area contributed by atoms with Gasteiger partial charge in [-0.05, 0) is 18.8 Å². The standard InChI is InChI=1S/C23H28F3N7O4/c1-31-21(13-18(29-31)23(24,25)26)37-16-12-20(35)33(27-14-16)17(11-15-5-2-3-6-15)22(36)28-19-7-9-32(30-19)8-4-10-34/h7,9,12-15,17,34H,2-6,8,10-11H2,1H3,(H,28,30,36). The van der Waals surface area contributed by atoms with E-state index in [-0.39, 0.29) is 24.2 Å². The predicted octanol–water partition coefficient (Wildman–Crippen LogP) is 3.13. The molecule has 3 aromatic rings. The van der Waals surface area contributed by atoms with Crippen molar-refractivity contribution in [1.29, 1.82) is 0 Å². The number of hydrogen-bond donors (Lipinski definition) is 2. The first-order chi connectivity index (χ1) is 17.6. The largest absolute Gasteiger partial charge is 0.437 e. The zero-order valence-corrected chi connectivity index (χ0v) is 20.2. The Morgan fingerprint density at radius 3 is 2.68 bits per heavy atom. The molecule has 0 bridgehead atoms. The molecule has 1 atom stereocenters. The number of hydrogen-bond acceptors (Lipinski definition) is 7. The second-order valence-electron chi connectivity index (χ2n) is 9.00. The first kappa shape index (κ1) is 26.4. The average Bonchev–Trinajstić information content (AvgIpc) is 3.59. The van der Waals surface area contributed by atoms with Crippen molar-refractivity contribution in [1.82, 2.24) is 29.3 Å². The van der Waals surface area contributed by atoms with E-state index in [0.29, 0.717) is 25.2 Å². The number of aliphatic hydroxyl groups is 1. The number of carbonyl (C=O) groups excluding carboxylic acids is 1. The number of anilines is 1. The third-order valence-electron chi connectivity index (χ3n) is 6.22. The molecule has 1 aliphatic rings. The highest BCUT2D eigenvalue weighted by molar-refractivity contribution is 5.92. The van der Waals surface area contributed by atoms with Crippen molar-refractivity contribution >= 4 is 11.7 Å². The molecule has 1 saturated carbocycles. The molecule has 37 heavy (non-hydrogen) atoms. The highest BCUT2D eigenvalue weighted by Crippen LogP contribution is 2.33. The zero-order valence-electron chi connectivity index (χ0n) is 20.2. The van der Waals surface area contributed by atoms with Gasteiger partial charge in [0, 0.05) is 44.6 Å². The van der Waals surface area contributed by atoms with Crippen LogP contribution in [0.25, 0.3) is 0 Å². The van der Waals surface area contributed by atoms with Gasteiger partial charge >= 0.3 is 6.18 Å². The van der Waals surface area contributed by atoms with Crippen molar-refractivity contribution in [2.24, 2.45) is 13.0 Å². The van der Waals surface area contributed by atoms with Crippen LogP contribution in [-0.2, 0) is 24.6 Å². The number of nitrogens with one attached hydrogen (secondary N) is 1. The highest BCUT2D eigenvalue weighted by atomic mass is 19.4. The molecule has 4 rings (SSSR count). The molecule has 1 aliphatic carbocycles. The lowest BCUT2D eigenvalue weighted by Gasteiger charge is -2.21. The molecule has 0 aliphatic heterocycles. The first-order valence-electron chi connectivity index (χ1n) is 12.0. The van der Waals surface area contributed by atoms with Crippen LogP contribution in [0.5, 0.6) is 11.6 Å². The Morgan fingerprint density at radius 2 is 2.03 bits per heavy atom. The quantitative estimate of drug-likeness (QED) is 0.418. The highest BCUT2D eigenvalue weighted by Gasteiger charge is 2.35. The molecule has 0 radical (unpaired) electrons. The molecular formula is C23H28F3N7O4. The van der Waals surface area contributed by atoms with E-state index in [4.69, 9.17) is 9.84 Å². The van der Waals surface area contributed by atoms with Gasteiger partial charge in [-0.25, -0.2) is 9.36 Å². The van der Waals surface area contributed by atoms with E-state index in [1.54, 1.807) is 16.9 Å². The van der Waals surface area contributed by atoms with E-state index >= 15 is 0 Å². The summed E-state index contributed by atoms with van der Waals surface area (Å²) >= 11 is 0. The summed E-state index contributed by atoms with van der Waals surface area (Å²) in [5.74, 6) is -0.199. The van der Waals surface area contributed by atoms with Crippen LogP contribution in [0.15, 0.2) is 35.4 Å². The molecule has 200 valence electrons. The third-order valence-corrected chi connectivity index (χ3v) is 6.22. The fraction of sp³-hybridized carbons (Fsp3) is 0.522. The number of aliphatic hydroxyl groups excluding tert-OH is 1. The van der Waals surface area contributed by atoms with E-state index in [2.05, 4.69) is 20.6 Å². The van der Waals surface area contributed by atoms with E-state index in [0.717, 1.165) is 47.2 Å². The summed E-state index contributed by atoms with van der Waals surface area (Å²) in [6, 6.07) is 2.51. The number of amides is 1. The lowest BCUT2D eigenvalue weighted by atomic mass is 9.98. The van der Waals surface area contributed by atoms with Crippen molar-refractivity contribution in [3.05, 3.63) is 46.6 Å². The van der Waals surface area contributed by atoms with Crippen LogP contribution in [0.2, 0.25) is 0 Å². The van der Waals surface area contributed by atoms with Crippen LogP contribution < -0.4 is 15.6 Å². The van der Waals surface area contributed by atoms with Gasteiger partial charge in [0.15, 0.2) is 17.3 Å². The van der Waals surface area contributed by atoms with Crippen LogP contribution >= 0.6 is 0 Å². The second kappa shape index (κ2) is 11.2. The molecule has 3 heterocycles. The molecule has 0 spiro atoms. The maximum atomic E-state index is 13.2. The van der Waals surface area contributed by atoms with Crippen molar-refractivity contribution < 1.29 is 27.8 Å². The zero-order chi connectivity index (χ0) is 26.6. The van der Waals surface area contributed by atoms with Gasteiger partial charge in [-0.15, -0.1) is 0 Å². The number of aryl methyl sites for hydroxylation is 2. The Balaban J connectivity index is 1.54. The molecule has 14 heteroatoms. The lowest BCUT2D eigenvalue weighted by molar-refractivity contribution is -0.141. The molecule has 2 N–H and O–H groups in total. The van der Waals surface area contributed by atoms with E-state index in [1.807, 2.05) is 0 Å². The number of halogens is 3. The van der Waals surface area contributed by atoms with Crippen LogP contribution in [0.3, 0.4) is 0 Å². The molecule has 1 amide bonds. The van der Waals surface area contributed by atoms with Crippen LogP contribution in [0.4, 0.5) is 19.0 Å². The summed E-state index contributed by atoms with van der Waals surface area (Å²) in [6.45, 7) is 0.505. The first-order valence-corrected chi connectivity index (χ1v) is 12.0. The normalized spacial score (nSPS) is 15.2. The minimum atomic E-state index is -4.64. The fourth-order valence-electron chi connectivity index (χ4n) is 4.37. The molecule has 0 saturated heterocycles. The average molecular weight is 524 g/mol. The van der Waals surface area contributed by atoms with Gasteiger partial charge in [-0.3, -0.25) is 14.3 Å². The van der Waals surface area contributed by atoms with Gasteiger partial charge in [-0.2, -0.15) is 28.5 Å². The molecular weight excluding hydrogens is 495 g/mol. The number of carbonyl (C=O) groups is 1. The van der Waals surface area contributed by atoms with Crippen molar-refractivity contribution in [3.8, 4) is 11.6 Å². The van der Waals surface area contributed by atoms with E-state index < -0.39 is 29.4 Å². The Hall–Kier alpha value is -3.68. The van der Waals surface area contributed by atoms with Crippen molar-refractivity contribution in [3.63, 3.8) is 0 Å². The molecule has 1 unspecified atom stereocenters. The maximum Gasteiger partial charge on any atom is 0.435 e. The molecule has 0 aromatic carbocycles. The Morgan fingerprint density at radius 1 is 1.27 bits per heavy atom. The fourth-order valence-corrected chi connectivity index (χ4v) is 4.37. The maximum absolute atomic E-state index is 13.2. The second-order valence-corrected chi connectivity index (χ2v) is 9.00. The van der Waals surface area contributed by atoms with Crippen LogP contribution in [0, 0.1) is 5.92 Å². The topological polar surface area (TPSA) is 129 Å². The Bertz CT molecular complexity index is 1280. The SMILES string of the molecule is Cn1nc(C(F)(F)F)cc1Oc1cnn(C(CC2CCCC2)C(=O)Nc2ccn(CCCO)n2)c(=O)c1. The Labute approximate surface area is 209 Å². The summed E-state index contributed by atoms with van der Waals surface area (Å²) in [6.07, 6.45) is 3.12. The van der Waals surface area contributed by atoms with Crippen molar-refractivity contribution in [2.75, 3.05) is 11.9 Å². The third kappa shape index (κ3) is 6.56. The van der Waals surface area contributed by atoms with Gasteiger partial charge in [-0.1, -0.05) is 25.7 Å². The molecule has 1 fully saturated rings.